The van der Waals surface area contributed by atoms with E-state index in [0.29, 0.717) is 23.8 Å². The fourth-order valence-electron chi connectivity index (χ4n) is 2.60. The number of pyridine rings is 1. The first-order chi connectivity index (χ1) is 10.6. The van der Waals surface area contributed by atoms with Crippen molar-refractivity contribution in [2.24, 2.45) is 5.73 Å². The molecule has 8 heteroatoms. The number of hydrogen-bond acceptors (Lipinski definition) is 7. The van der Waals surface area contributed by atoms with Crippen molar-refractivity contribution in [2.75, 3.05) is 31.1 Å². The lowest BCUT2D eigenvalue weighted by Crippen LogP contribution is -2.46. The zero-order chi connectivity index (χ0) is 15.5. The second-order valence-electron chi connectivity index (χ2n) is 5.26. The summed E-state index contributed by atoms with van der Waals surface area (Å²) in [5.74, 6) is 0.830. The molecular formula is C14H18N6O2. The third kappa shape index (κ3) is 3.06. The molecule has 0 radical (unpaired) electrons. The zero-order valence-corrected chi connectivity index (χ0v) is 12.4. The van der Waals surface area contributed by atoms with Gasteiger partial charge in [0.15, 0.2) is 5.82 Å². The number of primary amides is 1. The number of aryl methyl sites for hydroxylation is 1. The molecule has 1 aliphatic heterocycles. The van der Waals surface area contributed by atoms with Crippen LogP contribution in [0.4, 0.5) is 5.69 Å². The van der Waals surface area contributed by atoms with Crippen LogP contribution < -0.4 is 10.6 Å². The smallest absolute Gasteiger partial charge is 0.252 e. The molecule has 1 fully saturated rings. The Kier molecular flexibility index (Phi) is 4.01. The van der Waals surface area contributed by atoms with Crippen molar-refractivity contribution in [3.8, 4) is 0 Å². The molecule has 3 heterocycles. The highest BCUT2D eigenvalue weighted by Gasteiger charge is 2.22. The van der Waals surface area contributed by atoms with Crippen molar-refractivity contribution in [3.63, 3.8) is 0 Å². The van der Waals surface area contributed by atoms with E-state index < -0.39 is 5.91 Å². The highest BCUT2D eigenvalue weighted by atomic mass is 16.5. The molecule has 22 heavy (non-hydrogen) atoms. The number of aromatic nitrogens is 3. The van der Waals surface area contributed by atoms with Gasteiger partial charge in [0.05, 0.1) is 17.8 Å². The predicted octanol–water partition coefficient (Wildman–Crippen LogP) is 0.194. The van der Waals surface area contributed by atoms with Gasteiger partial charge in [-0.2, -0.15) is 4.98 Å². The van der Waals surface area contributed by atoms with Crippen LogP contribution in [0.3, 0.4) is 0 Å². The Morgan fingerprint density at radius 1 is 1.36 bits per heavy atom. The number of piperazine rings is 1. The number of nitrogens with zero attached hydrogens (tertiary/aromatic N) is 5. The number of carbonyl (C=O) groups excluding carboxylic acids is 1. The van der Waals surface area contributed by atoms with E-state index in [-0.39, 0.29) is 0 Å². The molecule has 2 aromatic heterocycles. The molecule has 1 aliphatic rings. The summed E-state index contributed by atoms with van der Waals surface area (Å²) in [6.07, 6.45) is 3.20. The summed E-state index contributed by atoms with van der Waals surface area (Å²) in [6.45, 7) is 5.76. The fraction of sp³-hybridized carbons (Fsp3) is 0.429. The minimum absolute atomic E-state index is 0.452. The SMILES string of the molecule is Cc1noc(CN2CCN(c3ccncc3C(N)=O)CC2)n1. The summed E-state index contributed by atoms with van der Waals surface area (Å²) in [4.78, 5) is 24.1. The minimum atomic E-state index is -0.452. The number of nitrogens with two attached hydrogens (primary N) is 1. The third-order valence-electron chi connectivity index (χ3n) is 3.70. The maximum atomic E-state index is 11.5. The van der Waals surface area contributed by atoms with Crippen LogP contribution >= 0.6 is 0 Å². The molecule has 0 spiro atoms. The Morgan fingerprint density at radius 3 is 2.77 bits per heavy atom. The lowest BCUT2D eigenvalue weighted by Gasteiger charge is -2.35. The van der Waals surface area contributed by atoms with Crippen molar-refractivity contribution in [1.29, 1.82) is 0 Å². The number of carbonyl (C=O) groups is 1. The maximum absolute atomic E-state index is 11.5. The van der Waals surface area contributed by atoms with Gasteiger partial charge in [0.2, 0.25) is 5.89 Å². The number of rotatable bonds is 4. The normalized spacial score (nSPS) is 16.0. The standard InChI is InChI=1S/C14H18N6O2/c1-10-17-13(22-18-10)9-19-4-6-20(7-5-19)12-2-3-16-8-11(12)14(15)21/h2-3,8H,4-7,9H2,1H3,(H2,15,21). The topological polar surface area (TPSA) is 101 Å². The van der Waals surface area contributed by atoms with E-state index in [0.717, 1.165) is 31.9 Å². The van der Waals surface area contributed by atoms with Gasteiger partial charge in [0, 0.05) is 38.6 Å². The zero-order valence-electron chi connectivity index (χ0n) is 12.4. The lowest BCUT2D eigenvalue weighted by atomic mass is 10.2. The maximum Gasteiger partial charge on any atom is 0.252 e. The first-order valence-corrected chi connectivity index (χ1v) is 7.14. The molecule has 3 rings (SSSR count). The molecule has 2 aromatic rings. The Hall–Kier alpha value is -2.48. The lowest BCUT2D eigenvalue weighted by molar-refractivity contribution is 0.1000. The van der Waals surface area contributed by atoms with Crippen LogP contribution in [0.15, 0.2) is 23.0 Å². The largest absolute Gasteiger partial charge is 0.368 e. The minimum Gasteiger partial charge on any atom is -0.368 e. The summed E-state index contributed by atoms with van der Waals surface area (Å²) < 4.78 is 5.14. The Morgan fingerprint density at radius 2 is 2.14 bits per heavy atom. The fourth-order valence-corrected chi connectivity index (χ4v) is 2.60. The molecule has 0 atom stereocenters. The summed E-state index contributed by atoms with van der Waals surface area (Å²) >= 11 is 0. The molecule has 116 valence electrons. The first kappa shape index (κ1) is 14.5. The van der Waals surface area contributed by atoms with Crippen LogP contribution in [0.5, 0.6) is 0 Å². The molecule has 0 aromatic carbocycles. The highest BCUT2D eigenvalue weighted by Crippen LogP contribution is 2.21. The van der Waals surface area contributed by atoms with Crippen molar-refractivity contribution in [2.45, 2.75) is 13.5 Å². The Labute approximate surface area is 127 Å². The second kappa shape index (κ2) is 6.10. The quantitative estimate of drug-likeness (QED) is 0.860. The van der Waals surface area contributed by atoms with Gasteiger partial charge in [-0.3, -0.25) is 14.7 Å². The number of hydrogen-bond donors (Lipinski definition) is 1. The van der Waals surface area contributed by atoms with Crippen molar-refractivity contribution < 1.29 is 9.32 Å². The molecule has 1 saturated heterocycles. The highest BCUT2D eigenvalue weighted by molar-refractivity contribution is 5.98. The monoisotopic (exact) mass is 302 g/mol. The van der Waals surface area contributed by atoms with E-state index >= 15 is 0 Å². The Balaban J connectivity index is 1.63. The van der Waals surface area contributed by atoms with Gasteiger partial charge in [-0.25, -0.2) is 0 Å². The summed E-state index contributed by atoms with van der Waals surface area (Å²) in [6, 6.07) is 1.83. The Bertz CT molecular complexity index is 663. The van der Waals surface area contributed by atoms with E-state index in [2.05, 4.69) is 24.9 Å². The van der Waals surface area contributed by atoms with Crippen LogP contribution in [-0.2, 0) is 6.54 Å². The van der Waals surface area contributed by atoms with Crippen LogP contribution in [0.2, 0.25) is 0 Å². The molecule has 2 N–H and O–H groups in total. The van der Waals surface area contributed by atoms with Gasteiger partial charge >= 0.3 is 0 Å². The number of anilines is 1. The van der Waals surface area contributed by atoms with E-state index in [9.17, 15) is 4.79 Å². The van der Waals surface area contributed by atoms with Crippen molar-refractivity contribution in [3.05, 3.63) is 35.7 Å². The van der Waals surface area contributed by atoms with Crippen LogP contribution in [0.1, 0.15) is 22.1 Å². The molecular weight excluding hydrogens is 284 g/mol. The third-order valence-corrected chi connectivity index (χ3v) is 3.70. The van der Waals surface area contributed by atoms with Gasteiger partial charge in [-0.15, -0.1) is 0 Å². The van der Waals surface area contributed by atoms with E-state index in [1.807, 2.05) is 6.07 Å². The van der Waals surface area contributed by atoms with Crippen LogP contribution in [-0.4, -0.2) is 52.1 Å². The van der Waals surface area contributed by atoms with Crippen molar-refractivity contribution >= 4 is 11.6 Å². The number of amides is 1. The molecule has 8 nitrogen and oxygen atoms in total. The molecule has 0 saturated carbocycles. The molecule has 0 aliphatic carbocycles. The second-order valence-corrected chi connectivity index (χ2v) is 5.26. The van der Waals surface area contributed by atoms with E-state index in [1.54, 1.807) is 13.1 Å². The van der Waals surface area contributed by atoms with Gasteiger partial charge in [0.25, 0.3) is 5.91 Å². The summed E-state index contributed by atoms with van der Waals surface area (Å²) in [7, 11) is 0. The van der Waals surface area contributed by atoms with Crippen molar-refractivity contribution in [1.82, 2.24) is 20.0 Å². The molecule has 1 amide bonds. The van der Waals surface area contributed by atoms with E-state index in [4.69, 9.17) is 10.3 Å². The van der Waals surface area contributed by atoms with Gasteiger partial charge in [-0.1, -0.05) is 5.16 Å². The molecule has 0 bridgehead atoms. The first-order valence-electron chi connectivity index (χ1n) is 7.14. The van der Waals surface area contributed by atoms with Gasteiger partial charge in [0.1, 0.15) is 0 Å². The van der Waals surface area contributed by atoms with E-state index in [1.165, 1.54) is 6.20 Å². The van der Waals surface area contributed by atoms with Crippen LogP contribution in [0.25, 0.3) is 0 Å². The van der Waals surface area contributed by atoms with Crippen LogP contribution in [0, 0.1) is 6.92 Å². The average molecular weight is 302 g/mol. The average Bonchev–Trinajstić information content (AvgIpc) is 2.93. The summed E-state index contributed by atoms with van der Waals surface area (Å²) in [5, 5.41) is 3.79. The van der Waals surface area contributed by atoms with Gasteiger partial charge < -0.3 is 15.2 Å². The molecule has 0 unspecified atom stereocenters. The predicted molar refractivity (Wildman–Crippen MR) is 79.3 cm³/mol. The summed E-state index contributed by atoms with van der Waals surface area (Å²) in [5.41, 5.74) is 6.71. The van der Waals surface area contributed by atoms with Gasteiger partial charge in [-0.05, 0) is 13.0 Å².